The molecule has 1 N–H and O–H groups in total. The molecule has 2 aromatic carbocycles. The van der Waals surface area contributed by atoms with E-state index < -0.39 is 0 Å². The van der Waals surface area contributed by atoms with E-state index >= 15 is 0 Å². The summed E-state index contributed by atoms with van der Waals surface area (Å²) < 4.78 is 12.7. The lowest BCUT2D eigenvalue weighted by Gasteiger charge is -2.11. The van der Waals surface area contributed by atoms with Gasteiger partial charge in [0.05, 0.1) is 32.0 Å². The average Bonchev–Trinajstić information content (AvgIpc) is 3.30. The molecule has 0 aliphatic carbocycles. The van der Waals surface area contributed by atoms with Crippen LogP contribution in [0, 0.1) is 0 Å². The Kier molecular flexibility index (Phi) is 5.25. The smallest absolute Gasteiger partial charge is 0.228 e. The van der Waals surface area contributed by atoms with Gasteiger partial charge in [-0.25, -0.2) is 4.98 Å². The zero-order valence-electron chi connectivity index (χ0n) is 15.8. The maximum Gasteiger partial charge on any atom is 0.228 e. The van der Waals surface area contributed by atoms with E-state index in [0.717, 1.165) is 40.0 Å². The number of methoxy groups -OCH3 is 2. The van der Waals surface area contributed by atoms with Crippen molar-refractivity contribution < 1.29 is 14.3 Å². The third-order valence-electron chi connectivity index (χ3n) is 4.59. The molecule has 0 spiro atoms. The number of nitrogens with zero attached hydrogens (tertiary/aromatic N) is 2. The average molecular weight is 395 g/mol. The minimum absolute atomic E-state index is 0.0965. The summed E-state index contributed by atoms with van der Waals surface area (Å²) in [5.74, 6) is 2.22. The molecule has 7 heteroatoms. The molecule has 2 heterocycles. The van der Waals surface area contributed by atoms with Crippen molar-refractivity contribution in [1.29, 1.82) is 0 Å². The highest BCUT2D eigenvalue weighted by Gasteiger charge is 2.18. The molecule has 1 amide bonds. The molecule has 0 unspecified atom stereocenters. The SMILES string of the molecule is COc1ccc(CC(=O)Nc2ccccc2-c2cn3c(n2)SCC3)cc1OC. The first-order valence-corrected chi connectivity index (χ1v) is 9.96. The molecule has 0 fully saturated rings. The van der Waals surface area contributed by atoms with Gasteiger partial charge in [-0.2, -0.15) is 0 Å². The minimum atomic E-state index is -0.0965. The lowest BCUT2D eigenvalue weighted by molar-refractivity contribution is -0.115. The van der Waals surface area contributed by atoms with E-state index in [9.17, 15) is 4.79 Å². The molecular weight excluding hydrogens is 374 g/mol. The van der Waals surface area contributed by atoms with Crippen LogP contribution in [0.15, 0.2) is 53.8 Å². The third kappa shape index (κ3) is 3.71. The lowest BCUT2D eigenvalue weighted by Crippen LogP contribution is -2.15. The largest absolute Gasteiger partial charge is 0.493 e. The zero-order valence-corrected chi connectivity index (χ0v) is 16.6. The highest BCUT2D eigenvalue weighted by Crippen LogP contribution is 2.33. The Morgan fingerprint density at radius 3 is 2.79 bits per heavy atom. The second-order valence-corrected chi connectivity index (χ2v) is 7.47. The molecule has 1 aliphatic rings. The van der Waals surface area contributed by atoms with E-state index in [4.69, 9.17) is 14.5 Å². The minimum Gasteiger partial charge on any atom is -0.493 e. The number of aryl methyl sites for hydroxylation is 1. The molecule has 0 bridgehead atoms. The fraction of sp³-hybridized carbons (Fsp3) is 0.238. The highest BCUT2D eigenvalue weighted by atomic mass is 32.2. The number of fused-ring (bicyclic) bond motifs is 1. The van der Waals surface area contributed by atoms with E-state index in [1.54, 1.807) is 32.0 Å². The second-order valence-electron chi connectivity index (χ2n) is 6.41. The quantitative estimate of drug-likeness (QED) is 0.687. The van der Waals surface area contributed by atoms with Crippen LogP contribution in [0.2, 0.25) is 0 Å². The molecule has 0 atom stereocenters. The number of carbonyl (C=O) groups is 1. The number of amides is 1. The van der Waals surface area contributed by atoms with Crippen molar-refractivity contribution in [2.24, 2.45) is 0 Å². The molecule has 1 aromatic heterocycles. The number of benzene rings is 2. The highest BCUT2D eigenvalue weighted by molar-refractivity contribution is 7.99. The Morgan fingerprint density at radius 2 is 2.00 bits per heavy atom. The van der Waals surface area contributed by atoms with Crippen LogP contribution in [0.5, 0.6) is 11.5 Å². The standard InChI is InChI=1S/C21H21N3O3S/c1-26-18-8-7-14(11-19(18)27-2)12-20(25)22-16-6-4-3-5-15(16)17-13-24-9-10-28-21(24)23-17/h3-8,11,13H,9-10,12H2,1-2H3,(H,22,25). The summed E-state index contributed by atoms with van der Waals surface area (Å²) in [5, 5.41) is 4.05. The monoisotopic (exact) mass is 395 g/mol. The Bertz CT molecular complexity index is 994. The van der Waals surface area contributed by atoms with E-state index in [2.05, 4.69) is 16.1 Å². The summed E-state index contributed by atoms with van der Waals surface area (Å²) in [4.78, 5) is 17.3. The molecule has 0 radical (unpaired) electrons. The van der Waals surface area contributed by atoms with Crippen molar-refractivity contribution in [2.45, 2.75) is 18.1 Å². The molecular formula is C21H21N3O3S. The molecule has 6 nitrogen and oxygen atoms in total. The van der Waals surface area contributed by atoms with Gasteiger partial charge in [0.25, 0.3) is 0 Å². The number of hydrogen-bond donors (Lipinski definition) is 1. The van der Waals surface area contributed by atoms with Crippen molar-refractivity contribution in [1.82, 2.24) is 9.55 Å². The van der Waals surface area contributed by atoms with Crippen molar-refractivity contribution >= 4 is 23.4 Å². The van der Waals surface area contributed by atoms with Crippen LogP contribution in [0.3, 0.4) is 0 Å². The van der Waals surface area contributed by atoms with Crippen molar-refractivity contribution in [2.75, 3.05) is 25.3 Å². The Balaban J connectivity index is 1.52. The number of carbonyl (C=O) groups excluding carboxylic acids is 1. The van der Waals surface area contributed by atoms with Crippen LogP contribution < -0.4 is 14.8 Å². The van der Waals surface area contributed by atoms with Gasteiger partial charge in [-0.1, -0.05) is 36.0 Å². The summed E-state index contributed by atoms with van der Waals surface area (Å²) in [6.07, 6.45) is 2.29. The molecule has 0 saturated carbocycles. The van der Waals surface area contributed by atoms with Gasteiger partial charge in [0.15, 0.2) is 16.7 Å². The number of anilines is 1. The maximum absolute atomic E-state index is 12.6. The van der Waals surface area contributed by atoms with Gasteiger partial charge >= 0.3 is 0 Å². The number of imidazole rings is 1. The number of thioether (sulfide) groups is 1. The number of ether oxygens (including phenoxy) is 2. The van der Waals surface area contributed by atoms with Gasteiger partial charge in [0.1, 0.15) is 0 Å². The molecule has 3 aromatic rings. The van der Waals surface area contributed by atoms with Crippen LogP contribution in [0.4, 0.5) is 5.69 Å². The van der Waals surface area contributed by atoms with Crippen LogP contribution in [-0.4, -0.2) is 35.4 Å². The van der Waals surface area contributed by atoms with Gasteiger partial charge in [-0.3, -0.25) is 4.79 Å². The van der Waals surface area contributed by atoms with Crippen LogP contribution in [0.1, 0.15) is 5.56 Å². The molecule has 144 valence electrons. The van der Waals surface area contributed by atoms with E-state index in [1.807, 2.05) is 36.4 Å². The van der Waals surface area contributed by atoms with Crippen molar-refractivity contribution in [3.63, 3.8) is 0 Å². The fourth-order valence-electron chi connectivity index (χ4n) is 3.23. The first kappa shape index (κ1) is 18.4. The molecule has 1 aliphatic heterocycles. The number of nitrogens with one attached hydrogen (secondary N) is 1. The first-order chi connectivity index (χ1) is 13.7. The summed E-state index contributed by atoms with van der Waals surface area (Å²) in [6, 6.07) is 13.2. The number of aromatic nitrogens is 2. The molecule has 0 saturated heterocycles. The third-order valence-corrected chi connectivity index (χ3v) is 5.56. The maximum atomic E-state index is 12.6. The number of para-hydroxylation sites is 1. The van der Waals surface area contributed by atoms with E-state index in [-0.39, 0.29) is 12.3 Å². The molecule has 28 heavy (non-hydrogen) atoms. The number of rotatable bonds is 6. The van der Waals surface area contributed by atoms with Crippen LogP contribution >= 0.6 is 11.8 Å². The predicted molar refractivity (Wildman–Crippen MR) is 110 cm³/mol. The van der Waals surface area contributed by atoms with Crippen LogP contribution in [0.25, 0.3) is 11.3 Å². The van der Waals surface area contributed by atoms with Crippen molar-refractivity contribution in [3.8, 4) is 22.8 Å². The summed E-state index contributed by atoms with van der Waals surface area (Å²) in [5.41, 5.74) is 3.41. The Hall–Kier alpha value is -2.93. The fourth-order valence-corrected chi connectivity index (χ4v) is 4.17. The summed E-state index contributed by atoms with van der Waals surface area (Å²) >= 11 is 1.75. The summed E-state index contributed by atoms with van der Waals surface area (Å²) in [6.45, 7) is 0.973. The van der Waals surface area contributed by atoms with Crippen LogP contribution in [-0.2, 0) is 17.8 Å². The van der Waals surface area contributed by atoms with Gasteiger partial charge < -0.3 is 19.4 Å². The van der Waals surface area contributed by atoms with E-state index in [1.165, 1.54) is 0 Å². The van der Waals surface area contributed by atoms with Gasteiger partial charge in [0, 0.05) is 24.1 Å². The van der Waals surface area contributed by atoms with Crippen molar-refractivity contribution in [3.05, 3.63) is 54.2 Å². The zero-order chi connectivity index (χ0) is 19.5. The van der Waals surface area contributed by atoms with Gasteiger partial charge in [-0.05, 0) is 23.8 Å². The van der Waals surface area contributed by atoms with E-state index in [0.29, 0.717) is 11.5 Å². The van der Waals surface area contributed by atoms with Gasteiger partial charge in [-0.15, -0.1) is 0 Å². The van der Waals surface area contributed by atoms with Gasteiger partial charge in [0.2, 0.25) is 5.91 Å². The first-order valence-electron chi connectivity index (χ1n) is 8.98. The lowest BCUT2D eigenvalue weighted by atomic mass is 10.1. The molecule has 4 rings (SSSR count). The topological polar surface area (TPSA) is 65.4 Å². The Morgan fingerprint density at radius 1 is 1.18 bits per heavy atom. The number of hydrogen-bond acceptors (Lipinski definition) is 5. The second kappa shape index (κ2) is 7.98. The predicted octanol–water partition coefficient (Wildman–Crippen LogP) is 3.85. The Labute approximate surface area is 167 Å². The summed E-state index contributed by atoms with van der Waals surface area (Å²) in [7, 11) is 3.17. The normalized spacial score (nSPS) is 12.5.